The van der Waals surface area contributed by atoms with Gasteiger partial charge in [-0.25, -0.2) is 4.79 Å². The lowest BCUT2D eigenvalue weighted by Crippen LogP contribution is -2.12. The van der Waals surface area contributed by atoms with Crippen molar-refractivity contribution in [1.82, 2.24) is 0 Å². The molecule has 0 spiro atoms. The van der Waals surface area contributed by atoms with Crippen molar-refractivity contribution in [2.45, 2.75) is 20.2 Å². The number of carbonyl (C=O) groups is 2. The topological polar surface area (TPSA) is 52.6 Å². The minimum Gasteiger partial charge on any atom is -0.466 e. The zero-order valence-electron chi connectivity index (χ0n) is 11.5. The molecule has 0 amide bonds. The van der Waals surface area contributed by atoms with Crippen molar-refractivity contribution in [1.29, 1.82) is 0 Å². The van der Waals surface area contributed by atoms with Gasteiger partial charge < -0.3 is 9.47 Å². The van der Waals surface area contributed by atoms with Crippen molar-refractivity contribution in [2.24, 2.45) is 0 Å². The van der Waals surface area contributed by atoms with Gasteiger partial charge in [-0.05, 0) is 13.8 Å². The monoisotopic (exact) mass is 195 g/mol. The van der Waals surface area contributed by atoms with Gasteiger partial charge in [0.1, 0.15) is 0 Å². The third-order valence-corrected chi connectivity index (χ3v) is 0.982. The highest BCUT2D eigenvalue weighted by Gasteiger charge is 2.12. The summed E-state index contributed by atoms with van der Waals surface area (Å²) in [4.78, 5) is 22.7. The third-order valence-electron chi connectivity index (χ3n) is 0.982. The maximum Gasteiger partial charge on any atom is 0.333 e. The molecule has 0 bridgehead atoms. The Morgan fingerprint density at radius 3 is 2.46 bits per heavy atom. The predicted octanol–water partition coefficient (Wildman–Crippen LogP) is 1.06. The van der Waals surface area contributed by atoms with Crippen LogP contribution in [0.2, 0.25) is 0 Å². The van der Waals surface area contributed by atoms with Crippen molar-refractivity contribution in [3.05, 3.63) is 12.1 Å². The van der Waals surface area contributed by atoms with Crippen LogP contribution in [0.5, 0.6) is 0 Å². The molecular weight excluding hydrogens is 177 g/mol. The summed E-state index contributed by atoms with van der Waals surface area (Å²) < 4.78 is 37.8. The van der Waals surface area contributed by atoms with E-state index in [-0.39, 0.29) is 13.2 Å². The average molecular weight is 195 g/mol. The van der Waals surface area contributed by atoms with Gasteiger partial charge in [0.25, 0.3) is 0 Å². The summed E-state index contributed by atoms with van der Waals surface area (Å²) in [7, 11) is 0. The lowest BCUT2D eigenvalue weighted by atomic mass is 10.9. The van der Waals surface area contributed by atoms with E-state index in [0.29, 0.717) is 0 Å². The first kappa shape index (κ1) is 6.18. The van der Waals surface area contributed by atoms with Crippen LogP contribution in [0.4, 0.5) is 0 Å². The van der Waals surface area contributed by atoms with Gasteiger partial charge in [-0.3, -0.25) is 4.79 Å². The zero-order valence-corrected chi connectivity index (χ0v) is 7.55. The molecule has 13 heavy (non-hydrogen) atoms. The number of hydrogen-bond donors (Lipinski definition) is 0. The van der Waals surface area contributed by atoms with Gasteiger partial charge in [0, 0.05) is 8.31 Å². The van der Waals surface area contributed by atoms with Crippen LogP contribution in [0.1, 0.15) is 25.7 Å². The number of rotatable bonds is 5. The summed E-state index contributed by atoms with van der Waals surface area (Å²) in [5.41, 5.74) is -0.960. The number of carbonyl (C=O) groups excluding carboxylic acids is 2. The third kappa shape index (κ3) is 5.00. The van der Waals surface area contributed by atoms with Gasteiger partial charge in [-0.1, -0.05) is 6.53 Å². The summed E-state index contributed by atoms with van der Waals surface area (Å²) in [6.07, 6.45) is -2.86. The number of hydrogen-bond acceptors (Lipinski definition) is 4. The van der Waals surface area contributed by atoms with E-state index in [1.165, 1.54) is 13.8 Å². The maximum atomic E-state index is 11.4. The number of esters is 2. The predicted molar refractivity (Wildman–Crippen MR) is 47.0 cm³/mol. The van der Waals surface area contributed by atoms with Crippen LogP contribution < -0.4 is 0 Å². The largest absolute Gasteiger partial charge is 0.466 e. The van der Waals surface area contributed by atoms with Gasteiger partial charge in [0.2, 0.25) is 0 Å². The van der Waals surface area contributed by atoms with E-state index < -0.39 is 30.4 Å². The maximum absolute atomic E-state index is 11.4. The van der Waals surface area contributed by atoms with Crippen molar-refractivity contribution in [2.75, 3.05) is 13.2 Å². The molecule has 0 radical (unpaired) electrons. The Labute approximate surface area is 83.1 Å². The second-order valence-electron chi connectivity index (χ2n) is 1.94. The molecule has 4 heteroatoms. The molecule has 0 aromatic heterocycles. The number of ether oxygens (including phenoxy) is 2. The molecular formula is C9H14O4. The molecule has 0 fully saturated rings. The fraction of sp³-hybridized carbons (Fsp3) is 0.556. The molecule has 0 heterocycles. The summed E-state index contributed by atoms with van der Waals surface area (Å²) in [6.45, 7) is 1.74. The van der Waals surface area contributed by atoms with Gasteiger partial charge in [0.15, 0.2) is 0 Å². The van der Waals surface area contributed by atoms with Crippen molar-refractivity contribution in [3.63, 3.8) is 0 Å². The Hall–Kier alpha value is -1.32. The Balaban J connectivity index is 5.28. The highest BCUT2D eigenvalue weighted by Crippen LogP contribution is 2.02. The summed E-state index contributed by atoms with van der Waals surface area (Å²) in [6, 6.07) is 0. The lowest BCUT2D eigenvalue weighted by molar-refractivity contribution is -0.145. The molecule has 0 aromatic carbocycles. The molecule has 0 unspecified atom stereocenters. The van der Waals surface area contributed by atoms with Crippen LogP contribution in [-0.2, 0) is 19.1 Å². The molecule has 4 nitrogen and oxygen atoms in total. The summed E-state index contributed by atoms with van der Waals surface area (Å²) >= 11 is 0. The van der Waals surface area contributed by atoms with Crippen LogP contribution >= 0.6 is 0 Å². The van der Waals surface area contributed by atoms with Crippen molar-refractivity contribution < 1.29 is 24.5 Å². The van der Waals surface area contributed by atoms with Crippen LogP contribution in [0.25, 0.3) is 0 Å². The highest BCUT2D eigenvalue weighted by atomic mass is 16.6. The van der Waals surface area contributed by atoms with Crippen LogP contribution in [0.15, 0.2) is 12.1 Å². The van der Waals surface area contributed by atoms with E-state index in [1.807, 2.05) is 0 Å². The van der Waals surface area contributed by atoms with Gasteiger partial charge >= 0.3 is 11.9 Å². The first-order valence-corrected chi connectivity index (χ1v) is 3.81. The smallest absolute Gasteiger partial charge is 0.333 e. The van der Waals surface area contributed by atoms with Gasteiger partial charge in [-0.2, -0.15) is 0 Å². The lowest BCUT2D eigenvalue weighted by Gasteiger charge is -2.04. The Morgan fingerprint density at radius 1 is 1.38 bits per heavy atom. The molecule has 0 aromatic rings. The normalized spacial score (nSPS) is 14.3. The molecule has 0 saturated heterocycles. The molecule has 0 saturated carbocycles. The van der Waals surface area contributed by atoms with Crippen molar-refractivity contribution in [3.8, 4) is 0 Å². The molecule has 0 aliphatic rings. The minimum atomic E-state index is -2.86. The average Bonchev–Trinajstić information content (AvgIpc) is 2.17. The van der Waals surface area contributed by atoms with E-state index >= 15 is 0 Å². The summed E-state index contributed by atoms with van der Waals surface area (Å²) in [5, 5.41) is 0. The van der Waals surface area contributed by atoms with E-state index in [4.69, 9.17) is 5.48 Å². The van der Waals surface area contributed by atoms with E-state index in [9.17, 15) is 9.59 Å². The van der Waals surface area contributed by atoms with E-state index in [1.54, 1.807) is 0 Å². The van der Waals surface area contributed by atoms with E-state index in [2.05, 4.69) is 9.47 Å². The second-order valence-corrected chi connectivity index (χ2v) is 1.94. The van der Waals surface area contributed by atoms with Crippen LogP contribution in [0.3, 0.4) is 0 Å². The highest BCUT2D eigenvalue weighted by molar-refractivity contribution is 5.93. The zero-order chi connectivity index (χ0) is 13.6. The fourth-order valence-corrected chi connectivity index (χ4v) is 0.524. The van der Waals surface area contributed by atoms with Gasteiger partial charge in [0.05, 0.1) is 22.3 Å². The van der Waals surface area contributed by atoms with Crippen LogP contribution in [-0.4, -0.2) is 25.2 Å². The molecule has 0 atom stereocenters. The first-order valence-electron chi connectivity index (χ1n) is 5.81. The molecule has 0 N–H and O–H groups in total. The molecule has 74 valence electrons. The second kappa shape index (κ2) is 6.22. The van der Waals surface area contributed by atoms with Crippen molar-refractivity contribution >= 4 is 11.9 Å². The quantitative estimate of drug-likeness (QED) is 0.374. The van der Waals surface area contributed by atoms with E-state index in [0.717, 1.165) is 0 Å². The van der Waals surface area contributed by atoms with Crippen LogP contribution in [0, 0.1) is 0 Å². The first-order chi connectivity index (χ1) is 7.78. The summed E-state index contributed by atoms with van der Waals surface area (Å²) in [5.74, 6) is -2.52. The Bertz CT molecular complexity index is 334. The fourth-order valence-electron chi connectivity index (χ4n) is 0.524. The standard InChI is InChI=1S/C9H14O4/c1-4-12-8(10)6-7(3)9(11)13-5-2/h3-6H2,1-2H3/i3+1D2,6+1D2,7+1,8+1,9+1. The minimum absolute atomic E-state index is 0.0471. The Morgan fingerprint density at radius 2 is 2.00 bits per heavy atom. The molecule has 0 rings (SSSR count). The Kier molecular flexibility index (Phi) is 2.96. The van der Waals surface area contributed by atoms with Gasteiger partial charge in [-0.15, -0.1) is 0 Å². The molecule has 0 aliphatic heterocycles. The SMILES string of the molecule is [2H][13C]([2H])=[13C]([13C](=O)OCC)[13C]([2H])([2H])[13C](=O)OCC. The molecule has 0 aliphatic carbocycles.